The minimum Gasteiger partial charge on any atom is -0.368 e. The lowest BCUT2D eigenvalue weighted by molar-refractivity contribution is 0.194. The van der Waals surface area contributed by atoms with Gasteiger partial charge in [0, 0.05) is 55.5 Å². The highest BCUT2D eigenvalue weighted by Gasteiger charge is 2.21. The maximum atomic E-state index is 12.5. The van der Waals surface area contributed by atoms with Crippen LogP contribution in [0.3, 0.4) is 0 Å². The van der Waals surface area contributed by atoms with Crippen molar-refractivity contribution in [1.29, 1.82) is 0 Å². The second-order valence-electron chi connectivity index (χ2n) is 8.06. The molecule has 0 aliphatic carbocycles. The second kappa shape index (κ2) is 8.60. The van der Waals surface area contributed by atoms with Crippen LogP contribution in [0.2, 0.25) is 0 Å². The predicted octanol–water partition coefficient (Wildman–Crippen LogP) is 4.37. The van der Waals surface area contributed by atoms with Crippen molar-refractivity contribution in [2.24, 2.45) is 0 Å². The highest BCUT2D eigenvalue weighted by Crippen LogP contribution is 2.21. The van der Waals surface area contributed by atoms with Gasteiger partial charge in [0.25, 0.3) is 0 Å². The third kappa shape index (κ3) is 4.39. The number of urea groups is 1. The van der Waals surface area contributed by atoms with Crippen LogP contribution in [-0.4, -0.2) is 48.6 Å². The molecular formula is C24H30N4O. The Kier molecular flexibility index (Phi) is 5.74. The lowest BCUT2D eigenvalue weighted by Gasteiger charge is -2.36. The van der Waals surface area contributed by atoms with Crippen LogP contribution >= 0.6 is 0 Å². The van der Waals surface area contributed by atoms with E-state index in [0.29, 0.717) is 12.5 Å². The first-order valence-corrected chi connectivity index (χ1v) is 10.5. The molecule has 2 N–H and O–H groups in total. The Morgan fingerprint density at radius 2 is 1.76 bits per heavy atom. The number of nitrogens with one attached hydrogen (secondary N) is 2. The number of carbonyl (C=O) groups excluding carboxylic acids is 1. The first-order valence-electron chi connectivity index (χ1n) is 10.5. The van der Waals surface area contributed by atoms with Crippen LogP contribution in [0.1, 0.15) is 30.9 Å². The number of para-hydroxylation sites is 1. The number of piperazine rings is 1. The summed E-state index contributed by atoms with van der Waals surface area (Å²) in [6.45, 7) is 8.33. The summed E-state index contributed by atoms with van der Waals surface area (Å²) in [6, 6.07) is 17.1. The van der Waals surface area contributed by atoms with Crippen LogP contribution in [0.15, 0.2) is 54.7 Å². The summed E-state index contributed by atoms with van der Waals surface area (Å²) in [5.41, 5.74) is 5.00. The fourth-order valence-corrected chi connectivity index (χ4v) is 3.99. The van der Waals surface area contributed by atoms with Crippen LogP contribution < -0.4 is 10.2 Å². The van der Waals surface area contributed by atoms with Gasteiger partial charge in [-0.1, -0.05) is 44.2 Å². The third-order valence-electron chi connectivity index (χ3n) is 5.84. The summed E-state index contributed by atoms with van der Waals surface area (Å²) in [4.78, 5) is 20.1. The molecule has 1 aliphatic heterocycles. The number of benzene rings is 2. The van der Waals surface area contributed by atoms with Gasteiger partial charge < -0.3 is 20.1 Å². The van der Waals surface area contributed by atoms with Crippen molar-refractivity contribution in [3.63, 3.8) is 0 Å². The maximum absolute atomic E-state index is 12.5. The first kappa shape index (κ1) is 19.4. The first-order chi connectivity index (χ1) is 14.1. The standard InChI is InChI=1S/C24H30N4O/c1-18(2)19-7-9-21(10-8-19)27-13-15-28(16-14-27)24(29)25-12-11-20-17-26-23-6-4-3-5-22(20)23/h3-10,17-18,26H,11-16H2,1-2H3,(H,25,29). The minimum atomic E-state index is 0.0413. The normalized spacial score (nSPS) is 14.6. The molecule has 0 radical (unpaired) electrons. The predicted molar refractivity (Wildman–Crippen MR) is 120 cm³/mol. The molecule has 1 saturated heterocycles. The number of hydrogen-bond acceptors (Lipinski definition) is 2. The zero-order valence-corrected chi connectivity index (χ0v) is 17.3. The molecule has 5 nitrogen and oxygen atoms in total. The number of rotatable bonds is 5. The molecule has 1 aromatic heterocycles. The van der Waals surface area contributed by atoms with Crippen LogP contribution in [0.25, 0.3) is 10.9 Å². The topological polar surface area (TPSA) is 51.4 Å². The number of nitrogens with zero attached hydrogens (tertiary/aromatic N) is 2. The Labute approximate surface area is 172 Å². The Bertz CT molecular complexity index is 952. The molecule has 2 amide bonds. The fraction of sp³-hybridized carbons (Fsp3) is 0.375. The van der Waals surface area contributed by atoms with Gasteiger partial charge in [-0.3, -0.25) is 0 Å². The number of hydrogen-bond donors (Lipinski definition) is 2. The summed E-state index contributed by atoms with van der Waals surface area (Å²) in [6.07, 6.45) is 2.87. The summed E-state index contributed by atoms with van der Waals surface area (Å²) in [5, 5.41) is 4.32. The van der Waals surface area contributed by atoms with Gasteiger partial charge in [0.1, 0.15) is 0 Å². The summed E-state index contributed by atoms with van der Waals surface area (Å²) in [7, 11) is 0. The number of fused-ring (bicyclic) bond motifs is 1. The Hall–Kier alpha value is -2.95. The van der Waals surface area contributed by atoms with Crippen molar-refractivity contribution in [3.8, 4) is 0 Å². The molecule has 0 spiro atoms. The number of amides is 2. The van der Waals surface area contributed by atoms with E-state index >= 15 is 0 Å². The van der Waals surface area contributed by atoms with Crippen molar-refractivity contribution in [3.05, 3.63) is 65.9 Å². The molecule has 1 aliphatic rings. The van der Waals surface area contributed by atoms with E-state index in [2.05, 4.69) is 65.4 Å². The summed E-state index contributed by atoms with van der Waals surface area (Å²) >= 11 is 0. The van der Waals surface area contributed by atoms with Crippen LogP contribution in [0.5, 0.6) is 0 Å². The van der Waals surface area contributed by atoms with Gasteiger partial charge >= 0.3 is 6.03 Å². The molecule has 4 rings (SSSR count). The molecule has 29 heavy (non-hydrogen) atoms. The van der Waals surface area contributed by atoms with E-state index in [1.54, 1.807) is 0 Å². The number of aromatic amines is 1. The maximum Gasteiger partial charge on any atom is 0.317 e. The minimum absolute atomic E-state index is 0.0413. The molecule has 3 aromatic rings. The molecule has 2 aromatic carbocycles. The lowest BCUT2D eigenvalue weighted by atomic mass is 10.0. The van der Waals surface area contributed by atoms with Gasteiger partial charge in [0.2, 0.25) is 0 Å². The lowest BCUT2D eigenvalue weighted by Crippen LogP contribution is -2.52. The Morgan fingerprint density at radius 3 is 2.48 bits per heavy atom. The van der Waals surface area contributed by atoms with E-state index in [-0.39, 0.29) is 6.03 Å². The van der Waals surface area contributed by atoms with Crippen molar-refractivity contribution in [1.82, 2.24) is 15.2 Å². The second-order valence-corrected chi connectivity index (χ2v) is 8.06. The number of H-pyrrole nitrogens is 1. The SMILES string of the molecule is CC(C)c1ccc(N2CCN(C(=O)NCCc3c[nH]c4ccccc34)CC2)cc1. The highest BCUT2D eigenvalue weighted by atomic mass is 16.2. The molecular weight excluding hydrogens is 360 g/mol. The van der Waals surface area contributed by atoms with E-state index in [4.69, 9.17) is 0 Å². The largest absolute Gasteiger partial charge is 0.368 e. The number of carbonyl (C=O) groups is 1. The fourth-order valence-electron chi connectivity index (χ4n) is 3.99. The molecule has 0 saturated carbocycles. The molecule has 1 fully saturated rings. The van der Waals surface area contributed by atoms with E-state index < -0.39 is 0 Å². The molecule has 5 heteroatoms. The van der Waals surface area contributed by atoms with Gasteiger partial charge in [-0.2, -0.15) is 0 Å². The average molecular weight is 391 g/mol. The zero-order valence-electron chi connectivity index (χ0n) is 17.3. The quantitative estimate of drug-likeness (QED) is 0.680. The van der Waals surface area contributed by atoms with Gasteiger partial charge in [0.15, 0.2) is 0 Å². The molecule has 152 valence electrons. The van der Waals surface area contributed by atoms with E-state index in [0.717, 1.165) is 38.1 Å². The molecule has 0 atom stereocenters. The molecule has 2 heterocycles. The van der Waals surface area contributed by atoms with Crippen molar-refractivity contribution < 1.29 is 4.79 Å². The van der Waals surface area contributed by atoms with Crippen molar-refractivity contribution >= 4 is 22.6 Å². The summed E-state index contributed by atoms with van der Waals surface area (Å²) in [5.74, 6) is 0.550. The van der Waals surface area contributed by atoms with E-state index in [1.165, 1.54) is 22.2 Å². The monoisotopic (exact) mass is 390 g/mol. The average Bonchev–Trinajstić information content (AvgIpc) is 3.17. The van der Waals surface area contributed by atoms with Crippen molar-refractivity contribution in [2.75, 3.05) is 37.6 Å². The molecule has 0 bridgehead atoms. The number of aromatic nitrogens is 1. The van der Waals surface area contributed by atoms with Gasteiger partial charge in [-0.15, -0.1) is 0 Å². The van der Waals surface area contributed by atoms with Gasteiger partial charge in [0.05, 0.1) is 0 Å². The molecule has 0 unspecified atom stereocenters. The smallest absolute Gasteiger partial charge is 0.317 e. The highest BCUT2D eigenvalue weighted by molar-refractivity contribution is 5.83. The van der Waals surface area contributed by atoms with Gasteiger partial charge in [-0.05, 0) is 41.7 Å². The van der Waals surface area contributed by atoms with Crippen LogP contribution in [0.4, 0.5) is 10.5 Å². The third-order valence-corrected chi connectivity index (χ3v) is 5.84. The summed E-state index contributed by atoms with van der Waals surface area (Å²) < 4.78 is 0. The van der Waals surface area contributed by atoms with Crippen molar-refractivity contribution in [2.45, 2.75) is 26.2 Å². The van der Waals surface area contributed by atoms with Crippen LogP contribution in [0, 0.1) is 0 Å². The number of anilines is 1. The zero-order chi connectivity index (χ0) is 20.2. The van der Waals surface area contributed by atoms with Gasteiger partial charge in [-0.25, -0.2) is 4.79 Å². The Morgan fingerprint density at radius 1 is 1.03 bits per heavy atom. The van der Waals surface area contributed by atoms with E-state index in [9.17, 15) is 4.79 Å². The van der Waals surface area contributed by atoms with E-state index in [1.807, 2.05) is 23.2 Å². The van der Waals surface area contributed by atoms with Crippen LogP contribution in [-0.2, 0) is 6.42 Å². The Balaban J connectivity index is 1.24.